The van der Waals surface area contributed by atoms with E-state index in [-0.39, 0.29) is 5.60 Å². The van der Waals surface area contributed by atoms with E-state index in [1.165, 1.54) is 24.1 Å². The Morgan fingerprint density at radius 2 is 1.58 bits per heavy atom. The molecule has 2 aromatic rings. The fourth-order valence-electron chi connectivity index (χ4n) is 3.82. The van der Waals surface area contributed by atoms with Gasteiger partial charge >= 0.3 is 0 Å². The fourth-order valence-corrected chi connectivity index (χ4v) is 3.82. The van der Waals surface area contributed by atoms with Gasteiger partial charge < -0.3 is 9.64 Å². The van der Waals surface area contributed by atoms with Crippen LogP contribution in [0.5, 0.6) is 0 Å². The molecule has 3 rings (SSSR count). The molecular formula is C22H30NO+. The zero-order valence-electron chi connectivity index (χ0n) is 15.0. The van der Waals surface area contributed by atoms with Gasteiger partial charge in [-0.2, -0.15) is 0 Å². The maximum absolute atomic E-state index is 5.95. The van der Waals surface area contributed by atoms with Gasteiger partial charge in [-0.05, 0) is 19.4 Å². The average Bonchev–Trinajstić information content (AvgIpc) is 2.59. The van der Waals surface area contributed by atoms with Crippen molar-refractivity contribution >= 4 is 0 Å². The highest BCUT2D eigenvalue weighted by Gasteiger charge is 2.34. The zero-order chi connectivity index (χ0) is 16.8. The van der Waals surface area contributed by atoms with Crippen molar-refractivity contribution in [2.24, 2.45) is 0 Å². The van der Waals surface area contributed by atoms with Crippen LogP contribution in [0.3, 0.4) is 0 Å². The van der Waals surface area contributed by atoms with Crippen molar-refractivity contribution in [3.63, 3.8) is 0 Å². The molecule has 2 heteroatoms. The number of hydrogen-bond acceptors (Lipinski definition) is 1. The number of quaternary nitrogens is 1. The zero-order valence-corrected chi connectivity index (χ0v) is 15.0. The summed E-state index contributed by atoms with van der Waals surface area (Å²) in [6, 6.07) is 22.5. The molecule has 2 nitrogen and oxygen atoms in total. The predicted molar refractivity (Wildman–Crippen MR) is 99.2 cm³/mol. The van der Waals surface area contributed by atoms with E-state index in [2.05, 4.69) is 74.5 Å². The first-order valence-electron chi connectivity index (χ1n) is 9.19. The van der Waals surface area contributed by atoms with E-state index in [0.29, 0.717) is 6.04 Å². The van der Waals surface area contributed by atoms with Crippen molar-refractivity contribution in [3.8, 4) is 0 Å². The summed E-state index contributed by atoms with van der Waals surface area (Å²) in [5, 5.41) is 0. The van der Waals surface area contributed by atoms with E-state index in [0.717, 1.165) is 26.0 Å². The summed E-state index contributed by atoms with van der Waals surface area (Å²) >= 11 is 0. The number of benzene rings is 2. The minimum Gasteiger partial charge on any atom is -0.375 e. The monoisotopic (exact) mass is 324 g/mol. The molecule has 0 spiro atoms. The SMILES string of the molecule is CC1(C)CC([NH+](CCc2ccccc2)Cc2ccccc2)CCO1. The Labute approximate surface area is 146 Å². The molecule has 2 atom stereocenters. The van der Waals surface area contributed by atoms with Crippen LogP contribution in [0.1, 0.15) is 37.8 Å². The van der Waals surface area contributed by atoms with Crippen LogP contribution in [-0.4, -0.2) is 24.8 Å². The smallest absolute Gasteiger partial charge is 0.103 e. The van der Waals surface area contributed by atoms with Crippen LogP contribution in [0.4, 0.5) is 0 Å². The Balaban J connectivity index is 1.70. The summed E-state index contributed by atoms with van der Waals surface area (Å²) in [6.07, 6.45) is 3.45. The summed E-state index contributed by atoms with van der Waals surface area (Å²) in [6.45, 7) is 7.64. The lowest BCUT2D eigenvalue weighted by molar-refractivity contribution is -0.941. The molecule has 1 saturated heterocycles. The summed E-state index contributed by atoms with van der Waals surface area (Å²) in [5.41, 5.74) is 2.89. The van der Waals surface area contributed by atoms with Crippen molar-refractivity contribution in [1.29, 1.82) is 0 Å². The van der Waals surface area contributed by atoms with Gasteiger partial charge in [0, 0.05) is 24.8 Å². The second-order valence-corrected chi connectivity index (χ2v) is 7.60. The first kappa shape index (κ1) is 17.2. The minimum atomic E-state index is 0.0115. The third-order valence-electron chi connectivity index (χ3n) is 5.13. The third-order valence-corrected chi connectivity index (χ3v) is 5.13. The molecule has 0 bridgehead atoms. The van der Waals surface area contributed by atoms with Crippen LogP contribution in [0.25, 0.3) is 0 Å². The number of ether oxygens (including phenoxy) is 1. The van der Waals surface area contributed by atoms with Crippen LogP contribution >= 0.6 is 0 Å². The van der Waals surface area contributed by atoms with E-state index >= 15 is 0 Å². The number of hydrogen-bond donors (Lipinski definition) is 1. The first-order chi connectivity index (χ1) is 11.6. The Bertz CT molecular complexity index is 608. The quantitative estimate of drug-likeness (QED) is 0.861. The van der Waals surface area contributed by atoms with Gasteiger partial charge in [-0.1, -0.05) is 60.7 Å². The first-order valence-corrected chi connectivity index (χ1v) is 9.19. The second kappa shape index (κ2) is 7.96. The molecule has 0 radical (unpaired) electrons. The Morgan fingerprint density at radius 3 is 2.21 bits per heavy atom. The van der Waals surface area contributed by atoms with E-state index in [1.54, 1.807) is 4.90 Å². The standard InChI is InChI=1S/C22H29NO/c1-22(2)17-21(14-16-24-22)23(18-20-11-7-4-8-12-20)15-13-19-9-5-3-6-10-19/h3-12,21H,13-18H2,1-2H3/p+1. The van der Waals surface area contributed by atoms with E-state index in [9.17, 15) is 0 Å². The predicted octanol–water partition coefficient (Wildman–Crippen LogP) is 3.27. The van der Waals surface area contributed by atoms with Gasteiger partial charge in [0.1, 0.15) is 6.54 Å². The molecule has 1 heterocycles. The van der Waals surface area contributed by atoms with Gasteiger partial charge in [-0.25, -0.2) is 0 Å². The minimum absolute atomic E-state index is 0.0115. The molecule has 0 saturated carbocycles. The van der Waals surface area contributed by atoms with Gasteiger partial charge in [-0.3, -0.25) is 0 Å². The van der Waals surface area contributed by atoms with Crippen LogP contribution in [0, 0.1) is 0 Å². The Kier molecular flexibility index (Phi) is 5.70. The summed E-state index contributed by atoms with van der Waals surface area (Å²) in [4.78, 5) is 1.70. The number of rotatable bonds is 6. The van der Waals surface area contributed by atoms with Crippen LogP contribution < -0.4 is 4.90 Å². The number of nitrogens with one attached hydrogen (secondary N) is 1. The lowest BCUT2D eigenvalue weighted by Gasteiger charge is -2.39. The molecule has 2 unspecified atom stereocenters. The molecule has 1 aliphatic rings. The molecule has 128 valence electrons. The van der Waals surface area contributed by atoms with Crippen molar-refractivity contribution in [2.45, 2.75) is 51.3 Å². The molecule has 1 fully saturated rings. The summed E-state index contributed by atoms with van der Waals surface area (Å²) in [7, 11) is 0. The average molecular weight is 324 g/mol. The maximum atomic E-state index is 5.95. The van der Waals surface area contributed by atoms with E-state index in [4.69, 9.17) is 4.74 Å². The van der Waals surface area contributed by atoms with E-state index < -0.39 is 0 Å². The van der Waals surface area contributed by atoms with Gasteiger partial charge in [0.25, 0.3) is 0 Å². The topological polar surface area (TPSA) is 13.7 Å². The normalized spacial score (nSPS) is 21.3. The molecule has 0 amide bonds. The highest BCUT2D eigenvalue weighted by atomic mass is 16.5. The van der Waals surface area contributed by atoms with Crippen LogP contribution in [0.15, 0.2) is 60.7 Å². The lowest BCUT2D eigenvalue weighted by Crippen LogP contribution is -3.15. The highest BCUT2D eigenvalue weighted by molar-refractivity contribution is 5.15. The van der Waals surface area contributed by atoms with Gasteiger partial charge in [-0.15, -0.1) is 0 Å². The second-order valence-electron chi connectivity index (χ2n) is 7.60. The van der Waals surface area contributed by atoms with Crippen molar-refractivity contribution in [2.75, 3.05) is 13.2 Å². The molecule has 2 aromatic carbocycles. The molecule has 0 aliphatic carbocycles. The molecule has 1 aliphatic heterocycles. The van der Waals surface area contributed by atoms with Gasteiger partial charge in [0.2, 0.25) is 0 Å². The Morgan fingerprint density at radius 1 is 0.958 bits per heavy atom. The largest absolute Gasteiger partial charge is 0.375 e. The van der Waals surface area contributed by atoms with Crippen molar-refractivity contribution < 1.29 is 9.64 Å². The third kappa shape index (κ3) is 4.93. The molecular weight excluding hydrogens is 294 g/mol. The summed E-state index contributed by atoms with van der Waals surface area (Å²) in [5.74, 6) is 0. The highest BCUT2D eigenvalue weighted by Crippen LogP contribution is 2.22. The van der Waals surface area contributed by atoms with Crippen molar-refractivity contribution in [3.05, 3.63) is 71.8 Å². The van der Waals surface area contributed by atoms with Crippen LogP contribution in [0.2, 0.25) is 0 Å². The molecule has 1 N–H and O–H groups in total. The van der Waals surface area contributed by atoms with Gasteiger partial charge in [0.05, 0.1) is 24.8 Å². The Hall–Kier alpha value is -1.64. The molecule has 24 heavy (non-hydrogen) atoms. The maximum Gasteiger partial charge on any atom is 0.103 e. The van der Waals surface area contributed by atoms with Gasteiger partial charge in [0.15, 0.2) is 0 Å². The fraction of sp³-hybridized carbons (Fsp3) is 0.455. The van der Waals surface area contributed by atoms with E-state index in [1.807, 2.05) is 0 Å². The molecule has 0 aromatic heterocycles. The summed E-state index contributed by atoms with van der Waals surface area (Å²) < 4.78 is 5.95. The lowest BCUT2D eigenvalue weighted by atomic mass is 9.92. The van der Waals surface area contributed by atoms with Crippen molar-refractivity contribution in [1.82, 2.24) is 0 Å². The van der Waals surface area contributed by atoms with Crippen LogP contribution in [-0.2, 0) is 17.7 Å².